The number of ether oxygens (including phenoxy) is 1. The molecule has 1 atom stereocenters. The van der Waals surface area contributed by atoms with E-state index in [9.17, 15) is 4.79 Å². The largest absolute Gasteiger partial charge is 0.444 e. The van der Waals surface area contributed by atoms with Crippen LogP contribution in [0, 0.1) is 23.7 Å². The van der Waals surface area contributed by atoms with Crippen molar-refractivity contribution in [3.63, 3.8) is 0 Å². The minimum Gasteiger partial charge on any atom is -0.444 e. The number of amides is 1. The highest BCUT2D eigenvalue weighted by Crippen LogP contribution is 2.35. The van der Waals surface area contributed by atoms with Gasteiger partial charge < -0.3 is 9.64 Å². The van der Waals surface area contributed by atoms with Crippen molar-refractivity contribution in [2.24, 2.45) is 11.3 Å². The molecular weight excluding hydrogens is 202 g/mol. The first-order valence-electron chi connectivity index (χ1n) is 5.60. The van der Waals surface area contributed by atoms with E-state index < -0.39 is 5.60 Å². The van der Waals surface area contributed by atoms with Crippen molar-refractivity contribution < 1.29 is 9.53 Å². The fourth-order valence-electron chi connectivity index (χ4n) is 1.88. The molecule has 0 aromatic carbocycles. The van der Waals surface area contributed by atoms with Crippen LogP contribution in [-0.4, -0.2) is 29.7 Å². The smallest absolute Gasteiger partial charge is 0.410 e. The molecule has 1 unspecified atom stereocenters. The molecule has 1 heterocycles. The van der Waals surface area contributed by atoms with Gasteiger partial charge in [-0.25, -0.2) is 4.79 Å². The molecule has 1 fully saturated rings. The van der Waals surface area contributed by atoms with E-state index in [4.69, 9.17) is 11.2 Å². The molecule has 0 aromatic heterocycles. The van der Waals surface area contributed by atoms with Crippen molar-refractivity contribution in [3.05, 3.63) is 0 Å². The molecule has 0 aromatic rings. The van der Waals surface area contributed by atoms with Crippen molar-refractivity contribution in [2.75, 3.05) is 13.1 Å². The zero-order valence-electron chi connectivity index (χ0n) is 10.8. The number of carbonyl (C=O) groups is 1. The van der Waals surface area contributed by atoms with Crippen LogP contribution in [0.15, 0.2) is 0 Å². The van der Waals surface area contributed by atoms with E-state index >= 15 is 0 Å². The number of hydrogen-bond acceptors (Lipinski definition) is 2. The SMILES string of the molecule is C#CC1CN(C(=O)OC(C)(C)C)CC1(C)C. The van der Waals surface area contributed by atoms with Crippen LogP contribution in [0.3, 0.4) is 0 Å². The normalized spacial score (nSPS) is 24.0. The molecule has 0 bridgehead atoms. The molecular formula is C13H21NO2. The highest BCUT2D eigenvalue weighted by atomic mass is 16.6. The fourth-order valence-corrected chi connectivity index (χ4v) is 1.88. The second-order valence-corrected chi connectivity index (χ2v) is 6.07. The molecule has 0 aliphatic carbocycles. The van der Waals surface area contributed by atoms with Gasteiger partial charge in [-0.1, -0.05) is 13.8 Å². The zero-order chi connectivity index (χ0) is 12.6. The highest BCUT2D eigenvalue weighted by Gasteiger charge is 2.41. The average molecular weight is 223 g/mol. The number of nitrogens with zero attached hydrogens (tertiary/aromatic N) is 1. The molecule has 90 valence electrons. The van der Waals surface area contributed by atoms with Crippen LogP contribution in [0.5, 0.6) is 0 Å². The topological polar surface area (TPSA) is 29.5 Å². The maximum Gasteiger partial charge on any atom is 0.410 e. The molecule has 3 nitrogen and oxygen atoms in total. The number of terminal acetylenes is 1. The lowest BCUT2D eigenvalue weighted by Crippen LogP contribution is -2.36. The summed E-state index contributed by atoms with van der Waals surface area (Å²) in [5.74, 6) is 2.86. The summed E-state index contributed by atoms with van der Waals surface area (Å²) in [7, 11) is 0. The molecule has 3 heteroatoms. The summed E-state index contributed by atoms with van der Waals surface area (Å²) < 4.78 is 5.33. The summed E-state index contributed by atoms with van der Waals surface area (Å²) in [6.07, 6.45) is 5.20. The molecule has 0 N–H and O–H groups in total. The number of rotatable bonds is 0. The van der Waals surface area contributed by atoms with Gasteiger partial charge in [-0.05, 0) is 26.2 Å². The predicted molar refractivity (Wildman–Crippen MR) is 63.9 cm³/mol. The molecule has 1 aliphatic heterocycles. The minimum absolute atomic E-state index is 0.0222. The molecule has 0 saturated carbocycles. The molecule has 1 amide bonds. The van der Waals surface area contributed by atoms with Crippen LogP contribution in [0.25, 0.3) is 0 Å². The first-order valence-corrected chi connectivity index (χ1v) is 5.60. The first-order chi connectivity index (χ1) is 7.15. The summed E-state index contributed by atoms with van der Waals surface area (Å²) in [4.78, 5) is 13.5. The molecule has 1 aliphatic rings. The van der Waals surface area contributed by atoms with Gasteiger partial charge in [0.2, 0.25) is 0 Å². The van der Waals surface area contributed by atoms with Gasteiger partial charge >= 0.3 is 6.09 Å². The molecule has 0 spiro atoms. The maximum absolute atomic E-state index is 11.8. The van der Waals surface area contributed by atoms with Crippen LogP contribution in [0.4, 0.5) is 4.79 Å². The number of likely N-dealkylation sites (tertiary alicyclic amines) is 1. The lowest BCUT2D eigenvalue weighted by molar-refractivity contribution is 0.0277. The second-order valence-electron chi connectivity index (χ2n) is 6.07. The van der Waals surface area contributed by atoms with Crippen molar-refractivity contribution >= 4 is 6.09 Å². The van der Waals surface area contributed by atoms with E-state index in [1.54, 1.807) is 4.90 Å². The average Bonchev–Trinajstić information content (AvgIpc) is 2.37. The van der Waals surface area contributed by atoms with Gasteiger partial charge in [0, 0.05) is 19.0 Å². The summed E-state index contributed by atoms with van der Waals surface area (Å²) in [6, 6.07) is 0. The van der Waals surface area contributed by atoms with Gasteiger partial charge in [0.25, 0.3) is 0 Å². The Hall–Kier alpha value is -1.17. The van der Waals surface area contributed by atoms with Crippen molar-refractivity contribution in [1.29, 1.82) is 0 Å². The highest BCUT2D eigenvalue weighted by molar-refractivity contribution is 5.68. The number of hydrogen-bond donors (Lipinski definition) is 0. The standard InChI is InChI=1S/C13H21NO2/c1-7-10-8-14(9-13(10,5)6)11(15)16-12(2,3)4/h1,10H,8-9H2,2-6H3. The summed E-state index contributed by atoms with van der Waals surface area (Å²) >= 11 is 0. The van der Waals surface area contributed by atoms with Crippen LogP contribution in [0.1, 0.15) is 34.6 Å². The fraction of sp³-hybridized carbons (Fsp3) is 0.769. The predicted octanol–water partition coefficient (Wildman–Crippen LogP) is 2.51. The number of carbonyl (C=O) groups excluding carboxylic acids is 1. The summed E-state index contributed by atoms with van der Waals surface area (Å²) in [6.45, 7) is 11.0. The van der Waals surface area contributed by atoms with Gasteiger partial charge in [0.15, 0.2) is 0 Å². The Morgan fingerprint density at radius 1 is 1.50 bits per heavy atom. The van der Waals surface area contributed by atoms with E-state index in [1.807, 2.05) is 20.8 Å². The van der Waals surface area contributed by atoms with E-state index in [2.05, 4.69) is 19.8 Å². The van der Waals surface area contributed by atoms with Crippen molar-refractivity contribution in [3.8, 4) is 12.3 Å². The van der Waals surface area contributed by atoms with Gasteiger partial charge in [0.1, 0.15) is 5.60 Å². The van der Waals surface area contributed by atoms with Crippen molar-refractivity contribution in [1.82, 2.24) is 4.90 Å². The van der Waals surface area contributed by atoms with Crippen LogP contribution < -0.4 is 0 Å². The maximum atomic E-state index is 11.8. The van der Waals surface area contributed by atoms with E-state index in [0.29, 0.717) is 13.1 Å². The first kappa shape index (κ1) is 12.9. The monoisotopic (exact) mass is 223 g/mol. The van der Waals surface area contributed by atoms with Crippen LogP contribution in [-0.2, 0) is 4.74 Å². The third-order valence-electron chi connectivity index (χ3n) is 2.80. The van der Waals surface area contributed by atoms with Crippen molar-refractivity contribution in [2.45, 2.75) is 40.2 Å². The lowest BCUT2D eigenvalue weighted by atomic mass is 9.83. The van der Waals surface area contributed by atoms with Crippen LogP contribution >= 0.6 is 0 Å². The van der Waals surface area contributed by atoms with Crippen LogP contribution in [0.2, 0.25) is 0 Å². The van der Waals surface area contributed by atoms with E-state index in [-0.39, 0.29) is 17.4 Å². The Kier molecular flexibility index (Phi) is 3.23. The Labute approximate surface area is 98.1 Å². The van der Waals surface area contributed by atoms with Gasteiger partial charge in [-0.2, -0.15) is 0 Å². The zero-order valence-corrected chi connectivity index (χ0v) is 10.8. The third-order valence-corrected chi connectivity index (χ3v) is 2.80. The molecule has 16 heavy (non-hydrogen) atoms. The Balaban J connectivity index is 2.66. The van der Waals surface area contributed by atoms with E-state index in [1.165, 1.54) is 0 Å². The second kappa shape index (κ2) is 4.01. The van der Waals surface area contributed by atoms with Gasteiger partial charge in [-0.15, -0.1) is 12.3 Å². The molecule has 0 radical (unpaired) electrons. The van der Waals surface area contributed by atoms with E-state index in [0.717, 1.165) is 0 Å². The van der Waals surface area contributed by atoms with Gasteiger partial charge in [-0.3, -0.25) is 0 Å². The third kappa shape index (κ3) is 2.91. The summed E-state index contributed by atoms with van der Waals surface area (Å²) in [5.41, 5.74) is -0.471. The van der Waals surface area contributed by atoms with Gasteiger partial charge in [0.05, 0.1) is 0 Å². The Morgan fingerprint density at radius 2 is 2.06 bits per heavy atom. The minimum atomic E-state index is -0.449. The molecule has 1 saturated heterocycles. The molecule has 1 rings (SSSR count). The quantitative estimate of drug-likeness (QED) is 0.590. The Morgan fingerprint density at radius 3 is 2.44 bits per heavy atom. The Bertz CT molecular complexity index is 320. The lowest BCUT2D eigenvalue weighted by Gasteiger charge is -2.25. The summed E-state index contributed by atoms with van der Waals surface area (Å²) in [5, 5.41) is 0.